The van der Waals surface area contributed by atoms with Crippen molar-refractivity contribution in [3.8, 4) is 0 Å². The fourth-order valence-electron chi connectivity index (χ4n) is 1.71. The Labute approximate surface area is 120 Å². The van der Waals surface area contributed by atoms with Gasteiger partial charge in [0.15, 0.2) is 10.6 Å². The van der Waals surface area contributed by atoms with Gasteiger partial charge in [-0.1, -0.05) is 12.1 Å². The van der Waals surface area contributed by atoms with Gasteiger partial charge in [0, 0.05) is 6.54 Å². The van der Waals surface area contributed by atoms with E-state index in [-0.39, 0.29) is 11.9 Å². The summed E-state index contributed by atoms with van der Waals surface area (Å²) in [5.74, 6) is 0.580. The summed E-state index contributed by atoms with van der Waals surface area (Å²) in [5.41, 5.74) is 0. The molecule has 0 aliphatic rings. The monoisotopic (exact) mass is 294 g/mol. The van der Waals surface area contributed by atoms with Crippen molar-refractivity contribution in [1.29, 1.82) is 0 Å². The van der Waals surface area contributed by atoms with Gasteiger partial charge in [0.2, 0.25) is 0 Å². The minimum Gasteiger partial charge on any atom is -0.342 e. The molecule has 2 aromatic heterocycles. The van der Waals surface area contributed by atoms with Gasteiger partial charge >= 0.3 is 0 Å². The van der Waals surface area contributed by atoms with Gasteiger partial charge < -0.3 is 5.32 Å². The molecule has 0 aromatic carbocycles. The molecule has 2 N–H and O–H groups in total. The molecule has 0 bridgehead atoms. The van der Waals surface area contributed by atoms with Crippen LogP contribution in [0.25, 0.3) is 0 Å². The molecule has 0 aliphatic carbocycles. The predicted octanol–water partition coefficient (Wildman–Crippen LogP) is 2.68. The van der Waals surface area contributed by atoms with Crippen molar-refractivity contribution in [2.24, 2.45) is 0 Å². The molecule has 100 valence electrons. The topological polar surface area (TPSA) is 62.7 Å². The van der Waals surface area contributed by atoms with Crippen molar-refractivity contribution in [3.05, 3.63) is 45.6 Å². The molecular formula is C12H14N4OS2. The predicted molar refractivity (Wildman–Crippen MR) is 77.8 cm³/mol. The summed E-state index contributed by atoms with van der Waals surface area (Å²) in [6.45, 7) is 6.11. The molecule has 5 nitrogen and oxygen atoms in total. The molecule has 7 heteroatoms. The maximum absolute atomic E-state index is 12.0. The van der Waals surface area contributed by atoms with Crippen molar-refractivity contribution in [3.63, 3.8) is 0 Å². The van der Waals surface area contributed by atoms with Gasteiger partial charge in [-0.25, -0.2) is 0 Å². The Morgan fingerprint density at radius 1 is 1.79 bits per heavy atom. The van der Waals surface area contributed by atoms with Gasteiger partial charge in [0.05, 0.1) is 10.9 Å². The van der Waals surface area contributed by atoms with E-state index in [1.807, 2.05) is 22.9 Å². The second-order valence-corrected chi connectivity index (χ2v) is 5.29. The van der Waals surface area contributed by atoms with Gasteiger partial charge in [0.1, 0.15) is 0 Å². The molecule has 1 amide bonds. The second kappa shape index (κ2) is 5.94. The molecule has 2 heterocycles. The number of carbonyl (C=O) groups excluding carboxylic acids is 1. The number of hydrogen-bond acceptors (Lipinski definition) is 4. The zero-order chi connectivity index (χ0) is 13.8. The number of hydrogen-bond donors (Lipinski definition) is 2. The van der Waals surface area contributed by atoms with E-state index in [1.165, 1.54) is 11.3 Å². The number of H-pyrrole nitrogens is 1. The summed E-state index contributed by atoms with van der Waals surface area (Å²) in [5, 5.41) is 11.7. The Hall–Kier alpha value is -1.73. The molecule has 19 heavy (non-hydrogen) atoms. The van der Waals surface area contributed by atoms with Crippen LogP contribution in [0.3, 0.4) is 0 Å². The molecule has 0 fully saturated rings. The molecule has 0 saturated carbocycles. The smallest absolute Gasteiger partial charge is 0.261 e. The van der Waals surface area contributed by atoms with Crippen LogP contribution in [0, 0.1) is 4.77 Å². The first-order valence-corrected chi connectivity index (χ1v) is 7.02. The normalized spacial score (nSPS) is 12.1. The van der Waals surface area contributed by atoms with E-state index < -0.39 is 0 Å². The summed E-state index contributed by atoms with van der Waals surface area (Å²) in [6, 6.07) is 3.40. The third-order valence-electron chi connectivity index (χ3n) is 2.58. The lowest BCUT2D eigenvalue weighted by molar-refractivity contribution is 0.0942. The van der Waals surface area contributed by atoms with Crippen LogP contribution in [0.1, 0.15) is 28.5 Å². The van der Waals surface area contributed by atoms with E-state index >= 15 is 0 Å². The van der Waals surface area contributed by atoms with Crippen LogP contribution in [0.5, 0.6) is 0 Å². The van der Waals surface area contributed by atoms with Crippen LogP contribution in [-0.2, 0) is 6.54 Å². The van der Waals surface area contributed by atoms with Crippen LogP contribution in [0.4, 0.5) is 0 Å². The fourth-order valence-corrected chi connectivity index (χ4v) is 2.55. The lowest BCUT2D eigenvalue weighted by Gasteiger charge is -2.13. The maximum atomic E-state index is 12.0. The number of rotatable bonds is 5. The number of amides is 1. The first-order chi connectivity index (χ1) is 9.13. The minimum absolute atomic E-state index is 0.110. The Balaban J connectivity index is 2.16. The van der Waals surface area contributed by atoms with Crippen molar-refractivity contribution in [2.75, 3.05) is 0 Å². The van der Waals surface area contributed by atoms with Crippen LogP contribution in [0.15, 0.2) is 30.2 Å². The highest BCUT2D eigenvalue weighted by molar-refractivity contribution is 7.71. The number of allylic oxidation sites excluding steroid dienone is 1. The highest BCUT2D eigenvalue weighted by Crippen LogP contribution is 2.13. The van der Waals surface area contributed by atoms with E-state index in [0.717, 1.165) is 0 Å². The molecule has 0 unspecified atom stereocenters. The standard InChI is InChI=1S/C12H14N4OS2/c1-3-6-16-10(14-15-12(16)18)8(2)13-11(17)9-5-4-7-19-9/h3-5,7-8H,1,6H2,2H3,(H,13,17)(H,15,18)/t8-/m1/s1. The van der Waals surface area contributed by atoms with Gasteiger partial charge in [0.25, 0.3) is 5.91 Å². The number of carbonyl (C=O) groups is 1. The van der Waals surface area contributed by atoms with E-state index in [0.29, 0.717) is 22.0 Å². The van der Waals surface area contributed by atoms with E-state index in [9.17, 15) is 4.79 Å². The Morgan fingerprint density at radius 3 is 3.21 bits per heavy atom. The quantitative estimate of drug-likeness (QED) is 0.658. The third kappa shape index (κ3) is 2.99. The van der Waals surface area contributed by atoms with Crippen molar-refractivity contribution >= 4 is 29.5 Å². The highest BCUT2D eigenvalue weighted by atomic mass is 32.1. The molecule has 1 atom stereocenters. The highest BCUT2D eigenvalue weighted by Gasteiger charge is 2.17. The van der Waals surface area contributed by atoms with Gasteiger partial charge in [-0.05, 0) is 30.6 Å². The zero-order valence-corrected chi connectivity index (χ0v) is 12.1. The lowest BCUT2D eigenvalue weighted by Crippen LogP contribution is -2.28. The Kier molecular flexibility index (Phi) is 4.28. The van der Waals surface area contributed by atoms with Gasteiger partial charge in [-0.2, -0.15) is 5.10 Å². The van der Waals surface area contributed by atoms with Crippen molar-refractivity contribution < 1.29 is 4.79 Å². The summed E-state index contributed by atoms with van der Waals surface area (Å²) in [7, 11) is 0. The minimum atomic E-state index is -0.234. The van der Waals surface area contributed by atoms with Crippen LogP contribution >= 0.6 is 23.6 Å². The maximum Gasteiger partial charge on any atom is 0.261 e. The molecule has 0 radical (unpaired) electrons. The second-order valence-electron chi connectivity index (χ2n) is 3.96. The number of nitrogens with zero attached hydrogens (tertiary/aromatic N) is 2. The molecule has 0 aliphatic heterocycles. The van der Waals surface area contributed by atoms with E-state index in [1.54, 1.807) is 12.1 Å². The lowest BCUT2D eigenvalue weighted by atomic mass is 10.3. The Bertz CT molecular complexity index is 626. The molecule has 2 rings (SSSR count). The van der Waals surface area contributed by atoms with Crippen LogP contribution in [-0.4, -0.2) is 20.7 Å². The van der Waals surface area contributed by atoms with Crippen LogP contribution < -0.4 is 5.32 Å². The van der Waals surface area contributed by atoms with E-state index in [2.05, 4.69) is 22.1 Å². The molecule has 2 aromatic rings. The Morgan fingerprint density at radius 2 is 2.58 bits per heavy atom. The number of nitrogens with one attached hydrogen (secondary N) is 2. The van der Waals surface area contributed by atoms with Crippen LogP contribution in [0.2, 0.25) is 0 Å². The van der Waals surface area contributed by atoms with Gasteiger partial charge in [-0.3, -0.25) is 14.5 Å². The first-order valence-electron chi connectivity index (χ1n) is 5.74. The summed E-state index contributed by atoms with van der Waals surface area (Å²) in [6.07, 6.45) is 1.74. The summed E-state index contributed by atoms with van der Waals surface area (Å²) in [4.78, 5) is 12.6. The average molecular weight is 294 g/mol. The fraction of sp³-hybridized carbons (Fsp3) is 0.250. The zero-order valence-electron chi connectivity index (χ0n) is 10.4. The summed E-state index contributed by atoms with van der Waals surface area (Å²) >= 11 is 6.54. The van der Waals surface area contributed by atoms with E-state index in [4.69, 9.17) is 12.2 Å². The summed E-state index contributed by atoms with van der Waals surface area (Å²) < 4.78 is 2.33. The number of aromatic nitrogens is 3. The number of aromatic amines is 1. The van der Waals surface area contributed by atoms with Gasteiger partial charge in [-0.15, -0.1) is 17.9 Å². The van der Waals surface area contributed by atoms with Crippen molar-refractivity contribution in [2.45, 2.75) is 19.5 Å². The third-order valence-corrected chi connectivity index (χ3v) is 3.76. The number of thiophene rings is 1. The molecule has 0 saturated heterocycles. The first kappa shape index (κ1) is 13.7. The average Bonchev–Trinajstić information content (AvgIpc) is 3.01. The largest absolute Gasteiger partial charge is 0.342 e. The molecular weight excluding hydrogens is 280 g/mol. The molecule has 0 spiro atoms. The SMILES string of the molecule is C=CCn1c([C@@H](C)NC(=O)c2cccs2)n[nH]c1=S. The van der Waals surface area contributed by atoms with Crippen molar-refractivity contribution in [1.82, 2.24) is 20.1 Å².